The lowest BCUT2D eigenvalue weighted by molar-refractivity contribution is -0.128. The highest BCUT2D eigenvalue weighted by atomic mass is 35.5. The topological polar surface area (TPSA) is 77.7 Å². The number of aromatic nitrogens is 2. The highest BCUT2D eigenvalue weighted by Gasteiger charge is 2.34. The van der Waals surface area contributed by atoms with Crippen molar-refractivity contribution in [2.75, 3.05) is 20.3 Å². The Bertz CT molecular complexity index is 1040. The number of amides is 1. The molecule has 1 fully saturated rings. The van der Waals surface area contributed by atoms with Gasteiger partial charge >= 0.3 is 0 Å². The van der Waals surface area contributed by atoms with E-state index in [1.165, 1.54) is 0 Å². The Morgan fingerprint density at radius 2 is 2.00 bits per heavy atom. The number of benzene rings is 2. The van der Waals surface area contributed by atoms with Crippen LogP contribution < -0.4 is 9.47 Å². The number of nitrogens with zero attached hydrogens (tertiary/aromatic N) is 3. The molecule has 0 bridgehead atoms. The Morgan fingerprint density at radius 1 is 1.20 bits per heavy atom. The molecule has 1 unspecified atom stereocenters. The molecule has 3 aromatic rings. The Balaban J connectivity index is 1.47. The quantitative estimate of drug-likeness (QED) is 0.559. The molecule has 4 rings (SSSR count). The van der Waals surface area contributed by atoms with Gasteiger partial charge in [0.2, 0.25) is 17.6 Å². The van der Waals surface area contributed by atoms with E-state index in [4.69, 9.17) is 25.6 Å². The van der Waals surface area contributed by atoms with Crippen LogP contribution in [-0.2, 0) is 11.3 Å². The van der Waals surface area contributed by atoms with E-state index in [0.29, 0.717) is 54.4 Å². The van der Waals surface area contributed by atoms with Gasteiger partial charge in [-0.05, 0) is 42.8 Å². The van der Waals surface area contributed by atoms with E-state index in [9.17, 15) is 4.79 Å². The zero-order valence-electron chi connectivity index (χ0n) is 16.8. The summed E-state index contributed by atoms with van der Waals surface area (Å²) in [5, 5.41) is 4.77. The molecule has 1 aliphatic heterocycles. The van der Waals surface area contributed by atoms with Gasteiger partial charge in [0, 0.05) is 30.1 Å². The number of likely N-dealkylation sites (tertiary alicyclic amines) is 1. The first-order valence-corrected chi connectivity index (χ1v) is 10.1. The van der Waals surface area contributed by atoms with E-state index in [0.717, 1.165) is 11.1 Å². The van der Waals surface area contributed by atoms with Crippen LogP contribution >= 0.6 is 11.6 Å². The largest absolute Gasteiger partial charge is 0.493 e. The second kappa shape index (κ2) is 8.75. The smallest absolute Gasteiger partial charge is 0.232 e. The monoisotopic (exact) mass is 427 g/mol. The molecule has 0 radical (unpaired) electrons. The molecule has 0 saturated carbocycles. The molecule has 0 aliphatic carbocycles. The lowest BCUT2D eigenvalue weighted by atomic mass is 10.1. The first-order chi connectivity index (χ1) is 14.6. The van der Waals surface area contributed by atoms with Crippen LogP contribution in [-0.4, -0.2) is 41.2 Å². The van der Waals surface area contributed by atoms with Crippen molar-refractivity contribution in [2.45, 2.75) is 25.8 Å². The Hall–Kier alpha value is -3.06. The van der Waals surface area contributed by atoms with Crippen LogP contribution in [0.15, 0.2) is 47.0 Å². The molecule has 1 aliphatic rings. The number of hydrogen-bond donors (Lipinski definition) is 0. The van der Waals surface area contributed by atoms with Gasteiger partial charge in [-0.25, -0.2) is 0 Å². The summed E-state index contributed by atoms with van der Waals surface area (Å²) in [6, 6.07) is 13.0. The standard InChI is InChI=1S/C22H22ClN3O4/c1-3-29-18-9-6-15(10-19(18)28-2)21-24-22(30-25-21)16-11-20(27)26(13-16)12-14-4-7-17(23)8-5-14/h4-10,16H,3,11-13H2,1-2H3. The van der Waals surface area contributed by atoms with Crippen molar-refractivity contribution in [3.63, 3.8) is 0 Å². The molecule has 156 valence electrons. The molecule has 0 N–H and O–H groups in total. The predicted molar refractivity (Wildman–Crippen MR) is 112 cm³/mol. The van der Waals surface area contributed by atoms with Gasteiger partial charge in [-0.2, -0.15) is 4.98 Å². The summed E-state index contributed by atoms with van der Waals surface area (Å²) in [4.78, 5) is 18.8. The first-order valence-electron chi connectivity index (χ1n) is 9.74. The van der Waals surface area contributed by atoms with Crippen molar-refractivity contribution in [3.05, 3.63) is 58.9 Å². The number of ether oxygens (including phenoxy) is 2. The second-order valence-electron chi connectivity index (χ2n) is 7.06. The van der Waals surface area contributed by atoms with Crippen LogP contribution in [0.1, 0.15) is 30.7 Å². The van der Waals surface area contributed by atoms with Crippen LogP contribution in [0, 0.1) is 0 Å². The number of carbonyl (C=O) groups excluding carboxylic acids is 1. The van der Waals surface area contributed by atoms with E-state index in [1.54, 1.807) is 12.0 Å². The van der Waals surface area contributed by atoms with Crippen molar-refractivity contribution in [3.8, 4) is 22.9 Å². The fourth-order valence-electron chi connectivity index (χ4n) is 3.50. The summed E-state index contributed by atoms with van der Waals surface area (Å²) in [5.74, 6) is 2.12. The minimum atomic E-state index is -0.129. The SMILES string of the molecule is CCOc1ccc(-c2noc(C3CC(=O)N(Cc4ccc(Cl)cc4)C3)n2)cc1OC. The third kappa shape index (κ3) is 4.26. The molecule has 30 heavy (non-hydrogen) atoms. The van der Waals surface area contributed by atoms with Gasteiger partial charge in [-0.15, -0.1) is 0 Å². The lowest BCUT2D eigenvalue weighted by Crippen LogP contribution is -2.24. The van der Waals surface area contributed by atoms with Crippen molar-refractivity contribution in [2.24, 2.45) is 0 Å². The van der Waals surface area contributed by atoms with Crippen molar-refractivity contribution < 1.29 is 18.8 Å². The predicted octanol–water partition coefficient (Wildman–Crippen LogP) is 4.31. The fraction of sp³-hybridized carbons (Fsp3) is 0.318. The third-order valence-electron chi connectivity index (χ3n) is 5.01. The highest BCUT2D eigenvalue weighted by Crippen LogP contribution is 2.33. The minimum Gasteiger partial charge on any atom is -0.493 e. The van der Waals surface area contributed by atoms with Crippen LogP contribution in [0.4, 0.5) is 0 Å². The minimum absolute atomic E-state index is 0.0671. The molecular formula is C22H22ClN3O4. The molecule has 8 heteroatoms. The normalized spacial score (nSPS) is 16.2. The van der Waals surface area contributed by atoms with E-state index < -0.39 is 0 Å². The third-order valence-corrected chi connectivity index (χ3v) is 5.27. The van der Waals surface area contributed by atoms with Gasteiger partial charge in [-0.1, -0.05) is 28.9 Å². The fourth-order valence-corrected chi connectivity index (χ4v) is 3.63. The maximum Gasteiger partial charge on any atom is 0.232 e. The zero-order chi connectivity index (χ0) is 21.1. The number of carbonyl (C=O) groups is 1. The Morgan fingerprint density at radius 3 is 2.73 bits per heavy atom. The molecule has 2 heterocycles. The van der Waals surface area contributed by atoms with Gasteiger partial charge in [-0.3, -0.25) is 4.79 Å². The van der Waals surface area contributed by atoms with Crippen LogP contribution in [0.5, 0.6) is 11.5 Å². The maximum absolute atomic E-state index is 12.5. The summed E-state index contributed by atoms with van der Waals surface area (Å²) in [6.45, 7) is 3.53. The molecule has 1 atom stereocenters. The molecular weight excluding hydrogens is 406 g/mol. The second-order valence-corrected chi connectivity index (χ2v) is 7.49. The van der Waals surface area contributed by atoms with Gasteiger partial charge < -0.3 is 18.9 Å². The van der Waals surface area contributed by atoms with Gasteiger partial charge in [0.1, 0.15) is 0 Å². The molecule has 1 saturated heterocycles. The van der Waals surface area contributed by atoms with Gasteiger partial charge in [0.15, 0.2) is 11.5 Å². The first kappa shape index (κ1) is 20.2. The van der Waals surface area contributed by atoms with Crippen LogP contribution in [0.2, 0.25) is 5.02 Å². The highest BCUT2D eigenvalue weighted by molar-refractivity contribution is 6.30. The lowest BCUT2D eigenvalue weighted by Gasteiger charge is -2.16. The van der Waals surface area contributed by atoms with Crippen molar-refractivity contribution in [1.82, 2.24) is 15.0 Å². The summed E-state index contributed by atoms with van der Waals surface area (Å²) in [5.41, 5.74) is 1.79. The van der Waals surface area contributed by atoms with E-state index >= 15 is 0 Å². The molecule has 7 nitrogen and oxygen atoms in total. The average molecular weight is 428 g/mol. The van der Waals surface area contributed by atoms with Crippen LogP contribution in [0.3, 0.4) is 0 Å². The Kier molecular flexibility index (Phi) is 5.90. The number of halogens is 1. The number of methoxy groups -OCH3 is 1. The number of rotatable bonds is 7. The van der Waals surface area contributed by atoms with E-state index in [1.807, 2.05) is 49.4 Å². The summed E-state index contributed by atoms with van der Waals surface area (Å²) in [7, 11) is 1.59. The van der Waals surface area contributed by atoms with Crippen molar-refractivity contribution >= 4 is 17.5 Å². The Labute approximate surface area is 179 Å². The molecule has 0 spiro atoms. The van der Waals surface area contributed by atoms with Gasteiger partial charge in [0.05, 0.1) is 19.6 Å². The van der Waals surface area contributed by atoms with Gasteiger partial charge in [0.25, 0.3) is 0 Å². The zero-order valence-corrected chi connectivity index (χ0v) is 17.6. The average Bonchev–Trinajstić information content (AvgIpc) is 3.37. The molecule has 1 aromatic heterocycles. The van der Waals surface area contributed by atoms with E-state index in [-0.39, 0.29) is 11.8 Å². The van der Waals surface area contributed by atoms with E-state index in [2.05, 4.69) is 10.1 Å². The van der Waals surface area contributed by atoms with Crippen molar-refractivity contribution in [1.29, 1.82) is 0 Å². The maximum atomic E-state index is 12.5. The summed E-state index contributed by atoms with van der Waals surface area (Å²) >= 11 is 5.93. The summed E-state index contributed by atoms with van der Waals surface area (Å²) in [6.07, 6.45) is 0.349. The van der Waals surface area contributed by atoms with Crippen LogP contribution in [0.25, 0.3) is 11.4 Å². The molecule has 2 aromatic carbocycles. The summed E-state index contributed by atoms with van der Waals surface area (Å²) < 4.78 is 16.4. The molecule has 1 amide bonds. The number of hydrogen-bond acceptors (Lipinski definition) is 6.